The fourth-order valence-electron chi connectivity index (χ4n) is 2.40. The van der Waals surface area contributed by atoms with E-state index < -0.39 is 16.9 Å². The summed E-state index contributed by atoms with van der Waals surface area (Å²) in [6.45, 7) is 10.3. The smallest absolute Gasteiger partial charge is 0.170 e. The number of hydrogen-bond acceptors (Lipinski definition) is 4. The Morgan fingerprint density at radius 1 is 1.06 bits per heavy atom. The van der Waals surface area contributed by atoms with Gasteiger partial charge in [-0.3, -0.25) is 19.7 Å². The molecule has 1 saturated carbocycles. The van der Waals surface area contributed by atoms with Crippen LogP contribution in [0.3, 0.4) is 0 Å². The molecule has 1 aliphatic rings. The average Bonchev–Trinajstić information content (AvgIpc) is 2.31. The van der Waals surface area contributed by atoms with E-state index in [-0.39, 0.29) is 23.4 Å². The first-order chi connectivity index (χ1) is 8.06. The summed E-state index contributed by atoms with van der Waals surface area (Å²) in [5, 5.41) is 3.05. The average molecular weight is 253 g/mol. The SMILES string of the molecule is CCC(C)NC1C(=O)C(C)(C)C(=O)C(C)(C)C1=O. The van der Waals surface area contributed by atoms with Crippen molar-refractivity contribution in [3.05, 3.63) is 0 Å². The molecule has 4 heteroatoms. The van der Waals surface area contributed by atoms with Crippen molar-refractivity contribution >= 4 is 17.3 Å². The Balaban J connectivity index is 3.16. The minimum atomic E-state index is -1.09. The lowest BCUT2D eigenvalue weighted by molar-refractivity contribution is -0.158. The number of nitrogens with one attached hydrogen (secondary N) is 1. The van der Waals surface area contributed by atoms with E-state index in [4.69, 9.17) is 0 Å². The second-order valence-electron chi connectivity index (χ2n) is 6.22. The second-order valence-corrected chi connectivity index (χ2v) is 6.22. The predicted molar refractivity (Wildman–Crippen MR) is 69.3 cm³/mol. The van der Waals surface area contributed by atoms with E-state index in [0.29, 0.717) is 0 Å². The van der Waals surface area contributed by atoms with Crippen LogP contribution >= 0.6 is 0 Å². The van der Waals surface area contributed by atoms with Crippen molar-refractivity contribution in [3.63, 3.8) is 0 Å². The van der Waals surface area contributed by atoms with Crippen LogP contribution in [0.5, 0.6) is 0 Å². The van der Waals surface area contributed by atoms with E-state index in [1.165, 1.54) is 0 Å². The molecule has 1 atom stereocenters. The van der Waals surface area contributed by atoms with Gasteiger partial charge in [-0.25, -0.2) is 0 Å². The fraction of sp³-hybridized carbons (Fsp3) is 0.786. The summed E-state index contributed by atoms with van der Waals surface area (Å²) in [4.78, 5) is 36.8. The monoisotopic (exact) mass is 253 g/mol. The van der Waals surface area contributed by atoms with Gasteiger partial charge in [-0.05, 0) is 41.0 Å². The van der Waals surface area contributed by atoms with E-state index in [1.54, 1.807) is 27.7 Å². The molecule has 1 fully saturated rings. The van der Waals surface area contributed by atoms with Gasteiger partial charge in [0, 0.05) is 6.04 Å². The van der Waals surface area contributed by atoms with Crippen LogP contribution in [0.4, 0.5) is 0 Å². The van der Waals surface area contributed by atoms with Gasteiger partial charge < -0.3 is 0 Å². The summed E-state index contributed by atoms with van der Waals surface area (Å²) < 4.78 is 0. The summed E-state index contributed by atoms with van der Waals surface area (Å²) in [7, 11) is 0. The molecule has 18 heavy (non-hydrogen) atoms. The molecule has 0 aromatic rings. The number of Topliss-reactive ketones (excluding diaryl/α,β-unsaturated/α-hetero) is 3. The van der Waals surface area contributed by atoms with Crippen molar-refractivity contribution in [3.8, 4) is 0 Å². The third-order valence-electron chi connectivity index (χ3n) is 3.96. The van der Waals surface area contributed by atoms with E-state index in [9.17, 15) is 14.4 Å². The zero-order valence-corrected chi connectivity index (χ0v) is 12.1. The first-order valence-corrected chi connectivity index (χ1v) is 6.46. The molecule has 1 N–H and O–H groups in total. The molecule has 0 heterocycles. The molecular weight excluding hydrogens is 230 g/mol. The molecule has 102 valence electrons. The van der Waals surface area contributed by atoms with E-state index in [2.05, 4.69) is 5.32 Å². The maximum absolute atomic E-state index is 12.3. The maximum Gasteiger partial charge on any atom is 0.170 e. The van der Waals surface area contributed by atoms with Gasteiger partial charge in [0.15, 0.2) is 17.3 Å². The van der Waals surface area contributed by atoms with Crippen molar-refractivity contribution < 1.29 is 14.4 Å². The Morgan fingerprint density at radius 2 is 1.44 bits per heavy atom. The van der Waals surface area contributed by atoms with Crippen molar-refractivity contribution in [2.45, 2.75) is 60.0 Å². The number of carbonyl (C=O) groups excluding carboxylic acids is 3. The van der Waals surface area contributed by atoms with Crippen molar-refractivity contribution in [2.24, 2.45) is 10.8 Å². The van der Waals surface area contributed by atoms with Gasteiger partial charge in [0.2, 0.25) is 0 Å². The molecular formula is C14H23NO3. The molecule has 0 aromatic carbocycles. The highest BCUT2D eigenvalue weighted by Crippen LogP contribution is 2.38. The Kier molecular flexibility index (Phi) is 3.82. The summed E-state index contributed by atoms with van der Waals surface area (Å²) >= 11 is 0. The lowest BCUT2D eigenvalue weighted by atomic mass is 9.61. The van der Waals surface area contributed by atoms with E-state index in [1.807, 2.05) is 13.8 Å². The van der Waals surface area contributed by atoms with Crippen LogP contribution in [0.15, 0.2) is 0 Å². The van der Waals surface area contributed by atoms with Crippen molar-refractivity contribution in [2.75, 3.05) is 0 Å². The summed E-state index contributed by atoms with van der Waals surface area (Å²) in [5.41, 5.74) is -2.19. The molecule has 1 rings (SSSR count). The van der Waals surface area contributed by atoms with E-state index in [0.717, 1.165) is 6.42 Å². The number of rotatable bonds is 3. The molecule has 0 bridgehead atoms. The fourth-order valence-corrected chi connectivity index (χ4v) is 2.40. The third kappa shape index (κ3) is 2.14. The highest BCUT2D eigenvalue weighted by atomic mass is 16.2. The Bertz CT molecular complexity index is 366. The first-order valence-electron chi connectivity index (χ1n) is 6.46. The van der Waals surface area contributed by atoms with Crippen LogP contribution in [0.2, 0.25) is 0 Å². The van der Waals surface area contributed by atoms with Crippen LogP contribution in [-0.4, -0.2) is 29.4 Å². The molecule has 0 aromatic heterocycles. The molecule has 1 unspecified atom stereocenters. The van der Waals surface area contributed by atoms with Crippen LogP contribution < -0.4 is 5.32 Å². The molecule has 0 saturated heterocycles. The van der Waals surface area contributed by atoms with Gasteiger partial charge in [0.05, 0.1) is 10.8 Å². The zero-order valence-electron chi connectivity index (χ0n) is 12.1. The Labute approximate surface area is 109 Å². The van der Waals surface area contributed by atoms with Crippen molar-refractivity contribution in [1.29, 1.82) is 0 Å². The molecule has 0 spiro atoms. The summed E-state index contributed by atoms with van der Waals surface area (Å²) in [6, 6.07) is -0.787. The molecule has 1 aliphatic carbocycles. The van der Waals surface area contributed by atoms with Crippen LogP contribution in [0, 0.1) is 10.8 Å². The third-order valence-corrected chi connectivity index (χ3v) is 3.96. The Hall–Kier alpha value is -1.03. The molecule has 4 nitrogen and oxygen atoms in total. The lowest BCUT2D eigenvalue weighted by Crippen LogP contribution is -2.65. The maximum atomic E-state index is 12.3. The largest absolute Gasteiger partial charge is 0.299 e. The summed E-state index contributed by atoms with van der Waals surface area (Å²) in [6.07, 6.45) is 0.825. The minimum absolute atomic E-state index is 0.0719. The normalized spacial score (nSPS) is 25.3. The van der Waals surface area contributed by atoms with Gasteiger partial charge in [-0.1, -0.05) is 6.92 Å². The topological polar surface area (TPSA) is 63.2 Å². The molecule has 0 radical (unpaired) electrons. The number of ketones is 3. The van der Waals surface area contributed by atoms with Gasteiger partial charge in [0.1, 0.15) is 6.04 Å². The minimum Gasteiger partial charge on any atom is -0.299 e. The van der Waals surface area contributed by atoms with Gasteiger partial charge in [0.25, 0.3) is 0 Å². The van der Waals surface area contributed by atoms with Crippen molar-refractivity contribution in [1.82, 2.24) is 5.32 Å². The highest BCUT2D eigenvalue weighted by Gasteiger charge is 2.57. The summed E-state index contributed by atoms with van der Waals surface area (Å²) in [5.74, 6) is -0.901. The first kappa shape index (κ1) is 15.0. The van der Waals surface area contributed by atoms with E-state index >= 15 is 0 Å². The van der Waals surface area contributed by atoms with Gasteiger partial charge >= 0.3 is 0 Å². The number of hydrogen-bond donors (Lipinski definition) is 1. The van der Waals surface area contributed by atoms with Gasteiger partial charge in [-0.15, -0.1) is 0 Å². The van der Waals surface area contributed by atoms with Crippen LogP contribution in [-0.2, 0) is 14.4 Å². The molecule has 0 amide bonds. The van der Waals surface area contributed by atoms with Crippen LogP contribution in [0.1, 0.15) is 48.0 Å². The molecule has 0 aliphatic heterocycles. The predicted octanol–water partition coefficient (Wildman–Crippen LogP) is 1.52. The standard InChI is InChI=1S/C14H23NO3/c1-7-8(2)15-9-10(16)13(3,4)12(18)14(5,6)11(9)17/h8-9,15H,7H2,1-6H3. The zero-order chi connectivity index (χ0) is 14.3. The quantitative estimate of drug-likeness (QED) is 0.774. The van der Waals surface area contributed by atoms with Crippen LogP contribution in [0.25, 0.3) is 0 Å². The lowest BCUT2D eigenvalue weighted by Gasteiger charge is -2.41. The van der Waals surface area contributed by atoms with Gasteiger partial charge in [-0.2, -0.15) is 0 Å². The Morgan fingerprint density at radius 3 is 1.78 bits per heavy atom. The number of carbonyl (C=O) groups is 3. The highest BCUT2D eigenvalue weighted by molar-refractivity contribution is 6.30. The second kappa shape index (κ2) is 4.57.